The number of carbonyl (C=O) groups excluding carboxylic acids is 1. The minimum atomic E-state index is -0.404. The zero-order chi connectivity index (χ0) is 11.8. The van der Waals surface area contributed by atoms with Crippen molar-refractivity contribution < 1.29 is 9.18 Å². The smallest absolute Gasteiger partial charge is 0.277 e. The number of benzene rings is 1. The minimum absolute atomic E-state index is 0.178. The molecule has 6 heteroatoms. The third-order valence-corrected chi connectivity index (χ3v) is 2.47. The van der Waals surface area contributed by atoms with Crippen LogP contribution in [0.15, 0.2) is 36.9 Å². The molecule has 5 nitrogen and oxygen atoms in total. The molecular weight excluding hydrogens is 223 g/mol. The number of imidazole rings is 1. The number of nitrogens with zero attached hydrogens (tertiary/aromatic N) is 3. The van der Waals surface area contributed by atoms with E-state index < -0.39 is 5.82 Å². The number of aromatic nitrogens is 4. The Hall–Kier alpha value is -2.50. The van der Waals surface area contributed by atoms with Gasteiger partial charge in [0.15, 0.2) is 5.69 Å². The molecule has 1 N–H and O–H groups in total. The van der Waals surface area contributed by atoms with Gasteiger partial charge in [0.05, 0.1) is 5.52 Å². The van der Waals surface area contributed by atoms with E-state index in [9.17, 15) is 9.18 Å². The standard InChI is InChI=1S/C11H7FN4O/c12-7-1-2-9-8(5-7)10(15-14-9)11(17)16-4-3-13-6-16/h1-6H,(H,14,15). The van der Waals surface area contributed by atoms with Gasteiger partial charge in [-0.15, -0.1) is 0 Å². The Morgan fingerprint density at radius 3 is 3.06 bits per heavy atom. The zero-order valence-corrected chi connectivity index (χ0v) is 8.59. The molecule has 0 bridgehead atoms. The second kappa shape index (κ2) is 3.51. The van der Waals surface area contributed by atoms with Crippen molar-refractivity contribution in [2.24, 2.45) is 0 Å². The van der Waals surface area contributed by atoms with Crippen molar-refractivity contribution in [2.45, 2.75) is 0 Å². The Balaban J connectivity index is 2.18. The number of fused-ring (bicyclic) bond motifs is 1. The maximum atomic E-state index is 13.1. The van der Waals surface area contributed by atoms with Crippen LogP contribution in [0.25, 0.3) is 10.9 Å². The molecule has 0 saturated carbocycles. The van der Waals surface area contributed by atoms with Gasteiger partial charge >= 0.3 is 0 Å². The van der Waals surface area contributed by atoms with Crippen LogP contribution in [0.3, 0.4) is 0 Å². The van der Waals surface area contributed by atoms with Crippen LogP contribution in [0.5, 0.6) is 0 Å². The molecule has 0 aliphatic carbocycles. The summed E-state index contributed by atoms with van der Waals surface area (Å²) in [6, 6.07) is 4.14. The van der Waals surface area contributed by atoms with Gasteiger partial charge in [-0.3, -0.25) is 14.5 Å². The lowest BCUT2D eigenvalue weighted by Gasteiger charge is -1.97. The van der Waals surface area contributed by atoms with E-state index in [0.717, 1.165) is 0 Å². The zero-order valence-electron chi connectivity index (χ0n) is 8.59. The number of aromatic amines is 1. The molecule has 0 saturated heterocycles. The Morgan fingerprint density at radius 1 is 1.41 bits per heavy atom. The highest BCUT2D eigenvalue weighted by atomic mass is 19.1. The largest absolute Gasteiger partial charge is 0.284 e. The molecule has 17 heavy (non-hydrogen) atoms. The molecule has 0 amide bonds. The van der Waals surface area contributed by atoms with Crippen LogP contribution in [0.4, 0.5) is 4.39 Å². The third-order valence-electron chi connectivity index (χ3n) is 2.47. The first-order valence-corrected chi connectivity index (χ1v) is 4.92. The summed E-state index contributed by atoms with van der Waals surface area (Å²) in [7, 11) is 0. The monoisotopic (exact) mass is 230 g/mol. The second-order valence-corrected chi connectivity index (χ2v) is 3.54. The Kier molecular flexibility index (Phi) is 2.01. The Labute approximate surface area is 94.9 Å². The molecule has 0 spiro atoms. The molecule has 3 aromatic rings. The number of nitrogens with one attached hydrogen (secondary N) is 1. The number of halogens is 1. The molecule has 0 unspecified atom stereocenters. The summed E-state index contributed by atoms with van der Waals surface area (Å²) in [5.74, 6) is -0.752. The van der Waals surface area contributed by atoms with Gasteiger partial charge in [-0.25, -0.2) is 9.37 Å². The molecule has 2 heterocycles. The highest BCUT2D eigenvalue weighted by molar-refractivity contribution is 6.05. The van der Waals surface area contributed by atoms with Gasteiger partial charge in [0.1, 0.15) is 12.1 Å². The molecule has 3 rings (SSSR count). The highest BCUT2D eigenvalue weighted by Crippen LogP contribution is 2.17. The fraction of sp³-hybridized carbons (Fsp3) is 0. The molecule has 2 aromatic heterocycles. The van der Waals surface area contributed by atoms with E-state index >= 15 is 0 Å². The predicted octanol–water partition coefficient (Wildman–Crippen LogP) is 1.59. The van der Waals surface area contributed by atoms with Crippen molar-refractivity contribution in [2.75, 3.05) is 0 Å². The molecule has 0 aliphatic rings. The van der Waals surface area contributed by atoms with E-state index in [1.54, 1.807) is 6.07 Å². The van der Waals surface area contributed by atoms with Gasteiger partial charge in [-0.1, -0.05) is 0 Å². The second-order valence-electron chi connectivity index (χ2n) is 3.54. The molecule has 84 valence electrons. The van der Waals surface area contributed by atoms with E-state index in [0.29, 0.717) is 10.9 Å². The van der Waals surface area contributed by atoms with Crippen LogP contribution >= 0.6 is 0 Å². The van der Waals surface area contributed by atoms with Crippen LogP contribution in [-0.2, 0) is 0 Å². The summed E-state index contributed by atoms with van der Waals surface area (Å²) in [5, 5.41) is 7.05. The molecule has 0 aliphatic heterocycles. The summed E-state index contributed by atoms with van der Waals surface area (Å²) in [4.78, 5) is 15.8. The van der Waals surface area contributed by atoms with Crippen molar-refractivity contribution in [3.8, 4) is 0 Å². The summed E-state index contributed by atoms with van der Waals surface area (Å²) < 4.78 is 14.4. The van der Waals surface area contributed by atoms with Gasteiger partial charge in [0.2, 0.25) is 0 Å². The average Bonchev–Trinajstić information content (AvgIpc) is 2.97. The van der Waals surface area contributed by atoms with Crippen LogP contribution in [0.1, 0.15) is 10.5 Å². The molecular formula is C11H7FN4O. The van der Waals surface area contributed by atoms with Crippen LogP contribution in [-0.4, -0.2) is 25.7 Å². The fourth-order valence-corrected chi connectivity index (χ4v) is 1.65. The first kappa shape index (κ1) is 9.71. The maximum Gasteiger partial charge on any atom is 0.284 e. The van der Waals surface area contributed by atoms with Crippen molar-refractivity contribution in [1.82, 2.24) is 19.7 Å². The van der Waals surface area contributed by atoms with E-state index in [4.69, 9.17) is 0 Å². The molecule has 0 atom stereocenters. The van der Waals surface area contributed by atoms with Gasteiger partial charge in [-0.2, -0.15) is 5.10 Å². The number of hydrogen-bond acceptors (Lipinski definition) is 3. The average molecular weight is 230 g/mol. The van der Waals surface area contributed by atoms with Crippen LogP contribution in [0, 0.1) is 5.82 Å². The maximum absolute atomic E-state index is 13.1. The topological polar surface area (TPSA) is 63.6 Å². The number of carbonyl (C=O) groups is 1. The Bertz CT molecular complexity index is 687. The van der Waals surface area contributed by atoms with Crippen LogP contribution < -0.4 is 0 Å². The summed E-state index contributed by atoms with van der Waals surface area (Å²) in [6.07, 6.45) is 4.39. The lowest BCUT2D eigenvalue weighted by Crippen LogP contribution is -2.10. The lowest BCUT2D eigenvalue weighted by atomic mass is 10.2. The van der Waals surface area contributed by atoms with Crippen molar-refractivity contribution >= 4 is 16.8 Å². The van der Waals surface area contributed by atoms with Crippen LogP contribution in [0.2, 0.25) is 0 Å². The molecule has 1 aromatic carbocycles. The lowest BCUT2D eigenvalue weighted by molar-refractivity contribution is 0.0956. The minimum Gasteiger partial charge on any atom is -0.277 e. The van der Waals surface area contributed by atoms with E-state index in [1.807, 2.05) is 0 Å². The SMILES string of the molecule is O=C(c1n[nH]c2ccc(F)cc12)n1ccnc1. The highest BCUT2D eigenvalue weighted by Gasteiger charge is 2.15. The quantitative estimate of drug-likeness (QED) is 0.690. The van der Waals surface area contributed by atoms with Gasteiger partial charge in [0, 0.05) is 17.8 Å². The molecule has 0 fully saturated rings. The van der Waals surface area contributed by atoms with Crippen molar-refractivity contribution in [1.29, 1.82) is 0 Å². The number of hydrogen-bond donors (Lipinski definition) is 1. The van der Waals surface area contributed by atoms with Crippen molar-refractivity contribution in [3.63, 3.8) is 0 Å². The van der Waals surface area contributed by atoms with E-state index in [2.05, 4.69) is 15.2 Å². The van der Waals surface area contributed by atoms with Gasteiger partial charge < -0.3 is 0 Å². The first-order valence-electron chi connectivity index (χ1n) is 4.92. The number of rotatable bonds is 1. The van der Waals surface area contributed by atoms with Crippen molar-refractivity contribution in [3.05, 3.63) is 48.4 Å². The normalized spacial score (nSPS) is 10.9. The summed E-state index contributed by atoms with van der Waals surface area (Å²) in [6.45, 7) is 0. The predicted molar refractivity (Wildman–Crippen MR) is 58.0 cm³/mol. The summed E-state index contributed by atoms with van der Waals surface area (Å²) >= 11 is 0. The number of H-pyrrole nitrogens is 1. The molecule has 0 radical (unpaired) electrons. The fourth-order valence-electron chi connectivity index (χ4n) is 1.65. The summed E-state index contributed by atoms with van der Waals surface area (Å²) in [5.41, 5.74) is 0.798. The third kappa shape index (κ3) is 1.50. The van der Waals surface area contributed by atoms with Gasteiger partial charge in [-0.05, 0) is 18.2 Å². The van der Waals surface area contributed by atoms with E-state index in [-0.39, 0.29) is 11.6 Å². The Morgan fingerprint density at radius 2 is 2.29 bits per heavy atom. The van der Waals surface area contributed by atoms with E-state index in [1.165, 1.54) is 35.4 Å². The first-order chi connectivity index (χ1) is 8.25. The van der Waals surface area contributed by atoms with Gasteiger partial charge in [0.25, 0.3) is 5.91 Å².